The fourth-order valence-electron chi connectivity index (χ4n) is 4.32. The molecule has 36 heavy (non-hydrogen) atoms. The highest BCUT2D eigenvalue weighted by Gasteiger charge is 2.39. The number of benzene rings is 1. The lowest BCUT2D eigenvalue weighted by Gasteiger charge is -2.29. The average molecular weight is 498 g/mol. The van der Waals surface area contributed by atoms with Gasteiger partial charge in [0.25, 0.3) is 18.2 Å². The van der Waals surface area contributed by atoms with Crippen molar-refractivity contribution in [1.29, 1.82) is 0 Å². The van der Waals surface area contributed by atoms with Gasteiger partial charge in [0.15, 0.2) is 11.4 Å². The van der Waals surface area contributed by atoms with Gasteiger partial charge in [0.05, 0.1) is 23.3 Å². The van der Waals surface area contributed by atoms with Gasteiger partial charge in [-0.3, -0.25) is 29.2 Å². The van der Waals surface area contributed by atoms with Crippen LogP contribution in [0.15, 0.2) is 24.4 Å². The van der Waals surface area contributed by atoms with Crippen molar-refractivity contribution in [3.8, 4) is 5.69 Å². The molecule has 1 unspecified atom stereocenters. The maximum Gasteiger partial charge on any atom is 0.284 e. The molecule has 2 aliphatic heterocycles. The van der Waals surface area contributed by atoms with Crippen LogP contribution in [-0.4, -0.2) is 59.3 Å². The molecule has 1 fully saturated rings. The molecule has 4 amide bonds. The van der Waals surface area contributed by atoms with E-state index in [1.807, 2.05) is 0 Å². The molecule has 0 bridgehead atoms. The summed E-state index contributed by atoms with van der Waals surface area (Å²) in [6.07, 6.45) is -1.13. The topological polar surface area (TPSA) is 144 Å². The highest BCUT2D eigenvalue weighted by molar-refractivity contribution is 6.05. The van der Waals surface area contributed by atoms with E-state index in [1.54, 1.807) is 25.1 Å². The number of amides is 4. The Morgan fingerprint density at radius 3 is 2.75 bits per heavy atom. The third-order valence-electron chi connectivity index (χ3n) is 6.30. The number of nitrogens with one attached hydrogen (secondary N) is 2. The van der Waals surface area contributed by atoms with Crippen LogP contribution >= 0.6 is 0 Å². The first-order valence-corrected chi connectivity index (χ1v) is 11.0. The zero-order valence-electron chi connectivity index (χ0n) is 19.2. The number of hydrogen-bond donors (Lipinski definition) is 2. The minimum absolute atomic E-state index is 0.0864. The lowest BCUT2D eigenvalue weighted by Crippen LogP contribution is -2.52. The second-order valence-corrected chi connectivity index (χ2v) is 8.51. The normalized spacial score (nSPS) is 17.5. The van der Waals surface area contributed by atoms with E-state index in [-0.39, 0.29) is 42.6 Å². The van der Waals surface area contributed by atoms with E-state index in [4.69, 9.17) is 0 Å². The summed E-state index contributed by atoms with van der Waals surface area (Å²) in [4.78, 5) is 50.6. The number of anilines is 1. The number of halogens is 2. The van der Waals surface area contributed by atoms with Crippen molar-refractivity contribution in [2.75, 3.05) is 5.32 Å². The standard InChI is InChI=1S/C22H20F2N8O4/c1-10-17(18(19(23)24)28-30(10)2)26-20(34)14-9-32(29-27-14)12-3-4-13-11(7-12)8-31(22(13)36)15-5-6-16(33)25-21(15)35/h3-4,7,9,15,19H,5-6,8H2,1-2H3,(H,26,34)(H,25,33,35). The molecule has 186 valence electrons. The van der Waals surface area contributed by atoms with Gasteiger partial charge in [-0.25, -0.2) is 13.5 Å². The van der Waals surface area contributed by atoms with E-state index in [2.05, 4.69) is 26.0 Å². The summed E-state index contributed by atoms with van der Waals surface area (Å²) in [5.41, 5.74) is 1.19. The third kappa shape index (κ3) is 3.89. The Labute approximate surface area is 202 Å². The first-order valence-electron chi connectivity index (χ1n) is 11.0. The fourth-order valence-corrected chi connectivity index (χ4v) is 4.32. The Morgan fingerprint density at radius 1 is 1.25 bits per heavy atom. The third-order valence-corrected chi connectivity index (χ3v) is 6.30. The molecule has 4 heterocycles. The van der Waals surface area contributed by atoms with Crippen LogP contribution in [0.4, 0.5) is 14.5 Å². The number of carbonyl (C=O) groups is 4. The van der Waals surface area contributed by atoms with E-state index in [1.165, 1.54) is 27.5 Å². The number of hydrogen-bond acceptors (Lipinski definition) is 7. The van der Waals surface area contributed by atoms with E-state index in [9.17, 15) is 28.0 Å². The van der Waals surface area contributed by atoms with Crippen LogP contribution in [0.3, 0.4) is 0 Å². The maximum atomic E-state index is 13.3. The van der Waals surface area contributed by atoms with Gasteiger partial charge in [0, 0.05) is 25.6 Å². The first-order chi connectivity index (χ1) is 17.1. The summed E-state index contributed by atoms with van der Waals surface area (Å²) in [7, 11) is 1.49. The van der Waals surface area contributed by atoms with Gasteiger partial charge in [-0.15, -0.1) is 5.10 Å². The number of nitrogens with zero attached hydrogens (tertiary/aromatic N) is 6. The lowest BCUT2D eigenvalue weighted by atomic mass is 10.0. The van der Waals surface area contributed by atoms with Gasteiger partial charge >= 0.3 is 0 Å². The molecule has 0 radical (unpaired) electrons. The summed E-state index contributed by atoms with van der Waals surface area (Å²) in [6.45, 7) is 1.72. The van der Waals surface area contributed by atoms with Crippen molar-refractivity contribution in [3.05, 3.63) is 52.6 Å². The number of imide groups is 1. The number of aromatic nitrogens is 5. The Kier molecular flexibility index (Phi) is 5.57. The predicted octanol–water partition coefficient (Wildman–Crippen LogP) is 1.26. The van der Waals surface area contributed by atoms with E-state index in [0.29, 0.717) is 22.5 Å². The van der Waals surface area contributed by atoms with Crippen molar-refractivity contribution in [1.82, 2.24) is 35.0 Å². The highest BCUT2D eigenvalue weighted by atomic mass is 19.3. The Bertz CT molecular complexity index is 1430. The number of piperidine rings is 1. The van der Waals surface area contributed by atoms with Gasteiger partial charge in [-0.1, -0.05) is 5.21 Å². The van der Waals surface area contributed by atoms with Crippen LogP contribution in [0.2, 0.25) is 0 Å². The minimum Gasteiger partial charge on any atom is -0.322 e. The summed E-state index contributed by atoms with van der Waals surface area (Å²) in [6, 6.07) is 4.16. The van der Waals surface area contributed by atoms with Crippen molar-refractivity contribution in [2.45, 2.75) is 38.8 Å². The zero-order valence-corrected chi connectivity index (χ0v) is 19.2. The molecule has 0 aliphatic carbocycles. The first kappa shape index (κ1) is 23.3. The molecule has 2 N–H and O–H groups in total. The van der Waals surface area contributed by atoms with Gasteiger partial charge < -0.3 is 10.2 Å². The Morgan fingerprint density at radius 2 is 2.03 bits per heavy atom. The van der Waals surface area contributed by atoms with Crippen LogP contribution in [0.25, 0.3) is 5.69 Å². The van der Waals surface area contributed by atoms with Gasteiger partial charge in [0.1, 0.15) is 6.04 Å². The molecule has 0 saturated carbocycles. The molecule has 5 rings (SSSR count). The van der Waals surface area contributed by atoms with Crippen molar-refractivity contribution in [3.63, 3.8) is 0 Å². The van der Waals surface area contributed by atoms with Crippen molar-refractivity contribution >= 4 is 29.3 Å². The zero-order chi connectivity index (χ0) is 25.7. The molecule has 2 aliphatic rings. The number of aryl methyl sites for hydroxylation is 1. The summed E-state index contributed by atoms with van der Waals surface area (Å²) < 4.78 is 29.2. The molecule has 0 spiro atoms. The summed E-state index contributed by atoms with van der Waals surface area (Å²) >= 11 is 0. The van der Waals surface area contributed by atoms with E-state index in [0.717, 1.165) is 0 Å². The largest absolute Gasteiger partial charge is 0.322 e. The SMILES string of the molecule is Cc1c(NC(=O)c2cn(-c3ccc4c(c3)CN(C3CCC(=O)NC3=O)C4=O)nn2)c(C(F)F)nn1C. The second-order valence-electron chi connectivity index (χ2n) is 8.51. The Balaban J connectivity index is 1.35. The molecule has 2 aromatic heterocycles. The van der Waals surface area contributed by atoms with E-state index >= 15 is 0 Å². The van der Waals surface area contributed by atoms with Crippen LogP contribution in [0, 0.1) is 6.92 Å². The molecular weight excluding hydrogens is 478 g/mol. The fraction of sp³-hybridized carbons (Fsp3) is 0.318. The molecular formula is C22H20F2N8O4. The van der Waals surface area contributed by atoms with Gasteiger partial charge in [-0.05, 0) is 37.1 Å². The molecule has 1 atom stereocenters. The summed E-state index contributed by atoms with van der Waals surface area (Å²) in [5, 5.41) is 16.2. The molecule has 1 saturated heterocycles. The number of alkyl halides is 2. The highest BCUT2D eigenvalue weighted by Crippen LogP contribution is 2.30. The van der Waals surface area contributed by atoms with Crippen LogP contribution < -0.4 is 10.6 Å². The smallest absolute Gasteiger partial charge is 0.284 e. The quantitative estimate of drug-likeness (QED) is 0.504. The average Bonchev–Trinajstić information content (AvgIpc) is 3.52. The molecule has 12 nitrogen and oxygen atoms in total. The Hall–Kier alpha value is -4.49. The summed E-state index contributed by atoms with van der Waals surface area (Å²) in [5.74, 6) is -1.91. The van der Waals surface area contributed by atoms with E-state index < -0.39 is 30.0 Å². The molecule has 3 aromatic rings. The number of carbonyl (C=O) groups excluding carboxylic acids is 4. The number of fused-ring (bicyclic) bond motifs is 1. The monoisotopic (exact) mass is 498 g/mol. The van der Waals surface area contributed by atoms with Crippen LogP contribution in [0.5, 0.6) is 0 Å². The van der Waals surface area contributed by atoms with Gasteiger partial charge in [-0.2, -0.15) is 5.10 Å². The lowest BCUT2D eigenvalue weighted by molar-refractivity contribution is -0.136. The maximum absolute atomic E-state index is 13.3. The second kappa shape index (κ2) is 8.62. The van der Waals surface area contributed by atoms with Crippen molar-refractivity contribution < 1.29 is 28.0 Å². The molecule has 14 heteroatoms. The van der Waals surface area contributed by atoms with Crippen LogP contribution in [-0.2, 0) is 23.2 Å². The van der Waals surface area contributed by atoms with Crippen molar-refractivity contribution in [2.24, 2.45) is 7.05 Å². The number of rotatable bonds is 5. The molecule has 1 aromatic carbocycles. The van der Waals surface area contributed by atoms with Gasteiger partial charge in [0.2, 0.25) is 11.8 Å². The minimum atomic E-state index is -2.87. The van der Waals surface area contributed by atoms with Crippen LogP contribution in [0.1, 0.15) is 57.1 Å². The predicted molar refractivity (Wildman–Crippen MR) is 118 cm³/mol.